The summed E-state index contributed by atoms with van der Waals surface area (Å²) in [5, 5.41) is 8.79. The second kappa shape index (κ2) is 4.93. The second-order valence-electron chi connectivity index (χ2n) is 3.41. The molecule has 0 N–H and O–H groups in total. The monoisotopic (exact) mass is 288 g/mol. The molecule has 0 bridgehead atoms. The van der Waals surface area contributed by atoms with E-state index in [0.29, 0.717) is 11.5 Å². The molecule has 17 heavy (non-hydrogen) atoms. The van der Waals surface area contributed by atoms with Crippen LogP contribution in [-0.2, 0) is 0 Å². The molecule has 2 aromatic rings. The summed E-state index contributed by atoms with van der Waals surface area (Å²) in [5.41, 5.74) is 1.36. The molecule has 1 heterocycles. The van der Waals surface area contributed by atoms with Crippen LogP contribution in [0.2, 0.25) is 0 Å². The van der Waals surface area contributed by atoms with Crippen LogP contribution in [0.3, 0.4) is 0 Å². The van der Waals surface area contributed by atoms with Crippen molar-refractivity contribution in [2.45, 2.75) is 0 Å². The van der Waals surface area contributed by atoms with Crippen molar-refractivity contribution in [2.24, 2.45) is 0 Å². The third-order valence-corrected chi connectivity index (χ3v) is 2.85. The van der Waals surface area contributed by atoms with E-state index in [2.05, 4.69) is 25.9 Å². The van der Waals surface area contributed by atoms with E-state index in [9.17, 15) is 0 Å². The van der Waals surface area contributed by atoms with Gasteiger partial charge in [0, 0.05) is 23.3 Å². The van der Waals surface area contributed by atoms with Crippen LogP contribution in [0.25, 0.3) is 0 Å². The largest absolute Gasteiger partial charge is 0.329 e. The first-order valence-corrected chi connectivity index (χ1v) is 5.71. The van der Waals surface area contributed by atoms with E-state index in [-0.39, 0.29) is 0 Å². The standard InChI is InChI=1S/C12H9BrN4/c1-17(11-4-2-9(13)3-5-11)12-6-10(7-14)15-8-16-12/h2-6,8H,1H3. The van der Waals surface area contributed by atoms with E-state index in [4.69, 9.17) is 5.26 Å². The van der Waals surface area contributed by atoms with Crippen LogP contribution in [0.1, 0.15) is 5.69 Å². The predicted molar refractivity (Wildman–Crippen MR) is 69.0 cm³/mol. The number of hydrogen-bond donors (Lipinski definition) is 0. The van der Waals surface area contributed by atoms with E-state index in [1.807, 2.05) is 42.3 Å². The number of anilines is 2. The van der Waals surface area contributed by atoms with Crippen molar-refractivity contribution in [1.29, 1.82) is 5.26 Å². The van der Waals surface area contributed by atoms with Crippen molar-refractivity contribution in [2.75, 3.05) is 11.9 Å². The van der Waals surface area contributed by atoms with E-state index in [1.165, 1.54) is 6.33 Å². The van der Waals surface area contributed by atoms with Gasteiger partial charge < -0.3 is 4.90 Å². The van der Waals surface area contributed by atoms with Crippen molar-refractivity contribution >= 4 is 27.4 Å². The maximum Gasteiger partial charge on any atom is 0.145 e. The highest BCUT2D eigenvalue weighted by Gasteiger charge is 2.06. The molecule has 0 saturated heterocycles. The minimum absolute atomic E-state index is 0.360. The summed E-state index contributed by atoms with van der Waals surface area (Å²) in [4.78, 5) is 9.88. The lowest BCUT2D eigenvalue weighted by Crippen LogP contribution is -2.11. The van der Waals surface area contributed by atoms with Crippen LogP contribution in [0.15, 0.2) is 41.1 Å². The van der Waals surface area contributed by atoms with Gasteiger partial charge in [0.2, 0.25) is 0 Å². The molecule has 0 saturated carbocycles. The zero-order valence-corrected chi connectivity index (χ0v) is 10.7. The van der Waals surface area contributed by atoms with Gasteiger partial charge >= 0.3 is 0 Å². The van der Waals surface area contributed by atoms with Gasteiger partial charge in [-0.05, 0) is 24.3 Å². The molecule has 1 aromatic heterocycles. The number of halogens is 1. The van der Waals surface area contributed by atoms with Crippen LogP contribution >= 0.6 is 15.9 Å². The Labute approximate surface area is 108 Å². The van der Waals surface area contributed by atoms with Crippen LogP contribution in [0.4, 0.5) is 11.5 Å². The summed E-state index contributed by atoms with van der Waals surface area (Å²) in [5.74, 6) is 0.693. The van der Waals surface area contributed by atoms with Gasteiger partial charge in [-0.25, -0.2) is 9.97 Å². The van der Waals surface area contributed by atoms with Gasteiger partial charge in [-0.2, -0.15) is 5.26 Å². The fraction of sp³-hybridized carbons (Fsp3) is 0.0833. The molecule has 0 aliphatic carbocycles. The number of nitriles is 1. The number of benzene rings is 1. The maximum absolute atomic E-state index is 8.79. The minimum atomic E-state index is 0.360. The van der Waals surface area contributed by atoms with E-state index in [0.717, 1.165) is 10.2 Å². The van der Waals surface area contributed by atoms with Crippen molar-refractivity contribution in [3.63, 3.8) is 0 Å². The summed E-state index contributed by atoms with van der Waals surface area (Å²) in [6, 6.07) is 11.5. The van der Waals surface area contributed by atoms with Crippen LogP contribution in [0, 0.1) is 11.3 Å². The molecule has 0 aliphatic rings. The predicted octanol–water partition coefficient (Wildman–Crippen LogP) is 2.88. The molecule has 0 radical (unpaired) electrons. The van der Waals surface area contributed by atoms with Gasteiger partial charge in [0.05, 0.1) is 0 Å². The Kier molecular flexibility index (Phi) is 3.35. The highest BCUT2D eigenvalue weighted by Crippen LogP contribution is 2.23. The maximum atomic E-state index is 8.79. The fourth-order valence-electron chi connectivity index (χ4n) is 1.39. The van der Waals surface area contributed by atoms with Gasteiger partial charge in [0.15, 0.2) is 0 Å². The Balaban J connectivity index is 2.33. The van der Waals surface area contributed by atoms with Crippen molar-refractivity contribution in [1.82, 2.24) is 9.97 Å². The smallest absolute Gasteiger partial charge is 0.145 e. The molecular weight excluding hydrogens is 280 g/mol. The molecule has 0 spiro atoms. The van der Waals surface area contributed by atoms with Gasteiger partial charge in [0.1, 0.15) is 23.9 Å². The fourth-order valence-corrected chi connectivity index (χ4v) is 1.65. The molecule has 0 atom stereocenters. The van der Waals surface area contributed by atoms with E-state index >= 15 is 0 Å². The highest BCUT2D eigenvalue weighted by atomic mass is 79.9. The first-order chi connectivity index (χ1) is 8.20. The van der Waals surface area contributed by atoms with Gasteiger partial charge in [-0.3, -0.25) is 0 Å². The summed E-state index contributed by atoms with van der Waals surface area (Å²) in [6.07, 6.45) is 1.39. The average molecular weight is 289 g/mol. The average Bonchev–Trinajstić information content (AvgIpc) is 2.39. The molecular formula is C12H9BrN4. The normalized spacial score (nSPS) is 9.71. The first kappa shape index (κ1) is 11.6. The Hall–Kier alpha value is -1.93. The Bertz CT molecular complexity index is 559. The quantitative estimate of drug-likeness (QED) is 0.853. The van der Waals surface area contributed by atoms with Crippen molar-refractivity contribution in [3.05, 3.63) is 46.8 Å². The van der Waals surface area contributed by atoms with Gasteiger partial charge in [-0.1, -0.05) is 15.9 Å². The third-order valence-electron chi connectivity index (χ3n) is 2.32. The Morgan fingerprint density at radius 2 is 1.94 bits per heavy atom. The van der Waals surface area contributed by atoms with Crippen molar-refractivity contribution < 1.29 is 0 Å². The Morgan fingerprint density at radius 1 is 1.24 bits per heavy atom. The number of aromatic nitrogens is 2. The zero-order chi connectivity index (χ0) is 12.3. The van der Waals surface area contributed by atoms with E-state index in [1.54, 1.807) is 6.07 Å². The zero-order valence-electron chi connectivity index (χ0n) is 9.13. The molecule has 0 amide bonds. The summed E-state index contributed by atoms with van der Waals surface area (Å²) >= 11 is 3.39. The molecule has 0 unspecified atom stereocenters. The Morgan fingerprint density at radius 3 is 2.59 bits per heavy atom. The molecule has 4 nitrogen and oxygen atoms in total. The van der Waals surface area contributed by atoms with E-state index < -0.39 is 0 Å². The lowest BCUT2D eigenvalue weighted by atomic mass is 10.3. The molecule has 84 valence electrons. The lowest BCUT2D eigenvalue weighted by molar-refractivity contribution is 1.07. The SMILES string of the molecule is CN(c1ccc(Br)cc1)c1cc(C#N)ncn1. The molecule has 0 aliphatic heterocycles. The van der Waals surface area contributed by atoms with Crippen LogP contribution in [0.5, 0.6) is 0 Å². The summed E-state index contributed by atoms with van der Waals surface area (Å²) < 4.78 is 1.02. The molecule has 2 rings (SSSR count). The summed E-state index contributed by atoms with van der Waals surface area (Å²) in [6.45, 7) is 0. The molecule has 5 heteroatoms. The number of rotatable bonds is 2. The lowest BCUT2D eigenvalue weighted by Gasteiger charge is -2.17. The second-order valence-corrected chi connectivity index (χ2v) is 4.32. The number of nitrogens with zero attached hydrogens (tertiary/aromatic N) is 4. The molecule has 0 fully saturated rings. The minimum Gasteiger partial charge on any atom is -0.329 e. The highest BCUT2D eigenvalue weighted by molar-refractivity contribution is 9.10. The van der Waals surface area contributed by atoms with Gasteiger partial charge in [0.25, 0.3) is 0 Å². The molecule has 1 aromatic carbocycles. The first-order valence-electron chi connectivity index (χ1n) is 4.92. The van der Waals surface area contributed by atoms with Crippen molar-refractivity contribution in [3.8, 4) is 6.07 Å². The third kappa shape index (κ3) is 2.60. The van der Waals surface area contributed by atoms with Crippen LogP contribution < -0.4 is 4.90 Å². The topological polar surface area (TPSA) is 52.8 Å². The van der Waals surface area contributed by atoms with Gasteiger partial charge in [-0.15, -0.1) is 0 Å². The summed E-state index contributed by atoms with van der Waals surface area (Å²) in [7, 11) is 1.90. The van der Waals surface area contributed by atoms with Crippen LogP contribution in [-0.4, -0.2) is 17.0 Å². The number of hydrogen-bond acceptors (Lipinski definition) is 4.